The summed E-state index contributed by atoms with van der Waals surface area (Å²) in [6.45, 7) is 3.46. The number of allylic oxidation sites excluding steroid dienone is 12. The Morgan fingerprint density at radius 1 is 0.574 bits per heavy atom. The molecule has 0 heterocycles. The zero-order valence-corrected chi connectivity index (χ0v) is 30.0. The molecule has 268 valence electrons. The van der Waals surface area contributed by atoms with E-state index >= 15 is 0 Å². The SMILES string of the molecule is CC/C=C\C/C=C\C/C=C\C/C=C\C/C=C\C/C=C\CCC(=O)O[C@H](COC(=O)CCCCCCCCCCCC)COP(=O)(O)O. The first-order valence-corrected chi connectivity index (χ1v) is 19.3. The quantitative estimate of drug-likeness (QED) is 0.0322. The molecule has 0 aliphatic rings. The summed E-state index contributed by atoms with van der Waals surface area (Å²) in [5.41, 5.74) is 0. The molecule has 0 fully saturated rings. The van der Waals surface area contributed by atoms with E-state index in [1.165, 1.54) is 38.5 Å². The normalized spacial score (nSPS) is 13.4. The van der Waals surface area contributed by atoms with Gasteiger partial charge in [-0.25, -0.2) is 4.57 Å². The van der Waals surface area contributed by atoms with E-state index in [4.69, 9.17) is 19.3 Å². The zero-order valence-electron chi connectivity index (χ0n) is 29.1. The van der Waals surface area contributed by atoms with E-state index in [2.05, 4.69) is 79.1 Å². The third-order valence-electron chi connectivity index (χ3n) is 7.00. The van der Waals surface area contributed by atoms with Crippen LogP contribution in [-0.2, 0) is 28.2 Å². The lowest BCUT2D eigenvalue weighted by atomic mass is 10.1. The van der Waals surface area contributed by atoms with Crippen LogP contribution in [0.2, 0.25) is 0 Å². The van der Waals surface area contributed by atoms with Gasteiger partial charge in [-0.1, -0.05) is 145 Å². The number of ether oxygens (including phenoxy) is 2. The van der Waals surface area contributed by atoms with Crippen LogP contribution in [0.5, 0.6) is 0 Å². The van der Waals surface area contributed by atoms with Gasteiger partial charge >= 0.3 is 19.8 Å². The fourth-order valence-electron chi connectivity index (χ4n) is 4.40. The van der Waals surface area contributed by atoms with Gasteiger partial charge in [0, 0.05) is 12.8 Å². The lowest BCUT2D eigenvalue weighted by molar-refractivity contribution is -0.161. The van der Waals surface area contributed by atoms with Crippen molar-refractivity contribution in [3.8, 4) is 0 Å². The molecule has 0 aromatic heterocycles. The monoisotopic (exact) mass is 678 g/mol. The third kappa shape index (κ3) is 36.2. The summed E-state index contributed by atoms with van der Waals surface area (Å²) in [7, 11) is -4.77. The maximum Gasteiger partial charge on any atom is 0.469 e. The number of phosphoric ester groups is 1. The van der Waals surface area contributed by atoms with Crippen molar-refractivity contribution in [1.82, 2.24) is 0 Å². The minimum atomic E-state index is -4.77. The van der Waals surface area contributed by atoms with E-state index in [0.717, 1.165) is 57.8 Å². The minimum Gasteiger partial charge on any atom is -0.462 e. The molecule has 2 N–H and O–H groups in total. The fourth-order valence-corrected chi connectivity index (χ4v) is 4.76. The molecular formula is C38H63O8P. The highest BCUT2D eigenvalue weighted by molar-refractivity contribution is 7.46. The molecule has 0 radical (unpaired) electrons. The van der Waals surface area contributed by atoms with Gasteiger partial charge in [-0.15, -0.1) is 0 Å². The van der Waals surface area contributed by atoms with Crippen LogP contribution in [0.1, 0.15) is 136 Å². The molecule has 0 aromatic rings. The van der Waals surface area contributed by atoms with E-state index in [1.807, 2.05) is 12.2 Å². The molecule has 47 heavy (non-hydrogen) atoms. The Bertz CT molecular complexity index is 990. The van der Waals surface area contributed by atoms with Crippen LogP contribution in [0.4, 0.5) is 0 Å². The summed E-state index contributed by atoms with van der Waals surface area (Å²) in [5.74, 6) is -0.991. The van der Waals surface area contributed by atoms with Crippen LogP contribution in [0, 0.1) is 0 Å². The Kier molecular flexibility index (Phi) is 31.6. The molecule has 9 heteroatoms. The van der Waals surface area contributed by atoms with Crippen molar-refractivity contribution in [3.63, 3.8) is 0 Å². The highest BCUT2D eigenvalue weighted by atomic mass is 31.2. The van der Waals surface area contributed by atoms with Crippen LogP contribution in [0.15, 0.2) is 72.9 Å². The van der Waals surface area contributed by atoms with E-state index in [1.54, 1.807) is 0 Å². The van der Waals surface area contributed by atoms with Crippen molar-refractivity contribution < 1.29 is 37.9 Å². The van der Waals surface area contributed by atoms with Crippen LogP contribution in [0.3, 0.4) is 0 Å². The molecule has 0 aromatic carbocycles. The second-order valence-electron chi connectivity index (χ2n) is 11.5. The van der Waals surface area contributed by atoms with Gasteiger partial charge in [0.15, 0.2) is 6.10 Å². The predicted molar refractivity (Wildman–Crippen MR) is 193 cm³/mol. The number of carbonyl (C=O) groups is 2. The molecule has 1 atom stereocenters. The Hall–Kier alpha value is -2.51. The van der Waals surface area contributed by atoms with Gasteiger partial charge in [0.25, 0.3) is 0 Å². The van der Waals surface area contributed by atoms with Gasteiger partial charge in [-0.3, -0.25) is 14.1 Å². The number of esters is 2. The van der Waals surface area contributed by atoms with Gasteiger partial charge in [0.1, 0.15) is 6.61 Å². The van der Waals surface area contributed by atoms with E-state index in [0.29, 0.717) is 12.8 Å². The van der Waals surface area contributed by atoms with Crippen molar-refractivity contribution >= 4 is 19.8 Å². The maximum atomic E-state index is 12.3. The van der Waals surface area contributed by atoms with Crippen LogP contribution < -0.4 is 0 Å². The van der Waals surface area contributed by atoms with E-state index in [-0.39, 0.29) is 19.4 Å². The number of rotatable bonds is 31. The molecule has 0 bridgehead atoms. The van der Waals surface area contributed by atoms with Crippen LogP contribution in [0.25, 0.3) is 0 Å². The van der Waals surface area contributed by atoms with Crippen LogP contribution in [-0.4, -0.2) is 41.0 Å². The summed E-state index contributed by atoms with van der Waals surface area (Å²) >= 11 is 0. The number of hydrogen-bond donors (Lipinski definition) is 2. The molecule has 8 nitrogen and oxygen atoms in total. The first-order chi connectivity index (χ1) is 22.8. The molecule has 0 aliphatic carbocycles. The smallest absolute Gasteiger partial charge is 0.462 e. The molecule has 0 saturated heterocycles. The van der Waals surface area contributed by atoms with Crippen LogP contribution >= 0.6 is 7.82 Å². The lowest BCUT2D eigenvalue weighted by Crippen LogP contribution is -2.29. The standard InChI is InChI=1S/C38H63O8P/c1-3-5-7-9-11-13-15-16-17-18-19-20-21-22-23-25-27-29-31-33-38(40)46-36(35-45-47(41,42)43)34-44-37(39)32-30-28-26-24-14-12-10-8-6-4-2/h5,7,11,13,16-17,19-20,22-23,27,29,36H,3-4,6,8-10,12,14-15,18,21,24-26,28,30-35H2,1-2H3,(H2,41,42,43)/b7-5-,13-11-,17-16-,20-19-,23-22-,29-27-/t36-/m1/s1. The Morgan fingerprint density at radius 3 is 1.49 bits per heavy atom. The van der Waals surface area contributed by atoms with Gasteiger partial charge in [-0.05, 0) is 51.4 Å². The van der Waals surface area contributed by atoms with Gasteiger partial charge in [-0.2, -0.15) is 0 Å². The second kappa shape index (κ2) is 33.4. The average Bonchev–Trinajstić information content (AvgIpc) is 3.04. The predicted octanol–water partition coefficient (Wildman–Crippen LogP) is 10.3. The van der Waals surface area contributed by atoms with Crippen molar-refractivity contribution in [2.45, 2.75) is 142 Å². The molecule has 0 unspecified atom stereocenters. The highest BCUT2D eigenvalue weighted by Gasteiger charge is 2.22. The summed E-state index contributed by atoms with van der Waals surface area (Å²) < 4.78 is 26.1. The van der Waals surface area contributed by atoms with Crippen molar-refractivity contribution in [3.05, 3.63) is 72.9 Å². The molecule has 0 saturated carbocycles. The average molecular weight is 679 g/mol. The van der Waals surface area contributed by atoms with E-state index in [9.17, 15) is 14.2 Å². The number of unbranched alkanes of at least 4 members (excludes halogenated alkanes) is 9. The Labute approximate surface area is 285 Å². The molecule has 0 aliphatic heterocycles. The molecule has 0 amide bonds. The van der Waals surface area contributed by atoms with Crippen molar-refractivity contribution in [2.24, 2.45) is 0 Å². The van der Waals surface area contributed by atoms with Crippen molar-refractivity contribution in [2.75, 3.05) is 13.2 Å². The number of carbonyl (C=O) groups excluding carboxylic acids is 2. The first kappa shape index (κ1) is 44.5. The minimum absolute atomic E-state index is 0.0845. The summed E-state index contributed by atoms with van der Waals surface area (Å²) in [6.07, 6.45) is 42.1. The summed E-state index contributed by atoms with van der Waals surface area (Å²) in [5, 5.41) is 0. The van der Waals surface area contributed by atoms with Crippen molar-refractivity contribution in [1.29, 1.82) is 0 Å². The molecule has 0 rings (SSSR count). The van der Waals surface area contributed by atoms with E-state index < -0.39 is 32.5 Å². The fraction of sp³-hybridized carbons (Fsp3) is 0.632. The summed E-state index contributed by atoms with van der Waals surface area (Å²) in [6, 6.07) is 0. The van der Waals surface area contributed by atoms with Gasteiger partial charge < -0.3 is 19.3 Å². The van der Waals surface area contributed by atoms with Gasteiger partial charge in [0.05, 0.1) is 6.61 Å². The summed E-state index contributed by atoms with van der Waals surface area (Å²) in [4.78, 5) is 42.5. The maximum absolute atomic E-state index is 12.3. The second-order valence-corrected chi connectivity index (χ2v) is 12.7. The van der Waals surface area contributed by atoms with Gasteiger partial charge in [0.2, 0.25) is 0 Å². The highest BCUT2D eigenvalue weighted by Crippen LogP contribution is 2.35. The topological polar surface area (TPSA) is 119 Å². The zero-order chi connectivity index (χ0) is 34.7. The number of phosphoric acid groups is 1. The lowest BCUT2D eigenvalue weighted by Gasteiger charge is -2.18. The number of hydrogen-bond acceptors (Lipinski definition) is 6. The first-order valence-electron chi connectivity index (χ1n) is 17.7. The molecule has 0 spiro atoms. The molecular weight excluding hydrogens is 615 g/mol. The Balaban J connectivity index is 4.16. The largest absolute Gasteiger partial charge is 0.469 e. The third-order valence-corrected chi connectivity index (χ3v) is 7.49. The Morgan fingerprint density at radius 2 is 1.02 bits per heavy atom.